The maximum Gasteiger partial charge on any atom is 0.181 e. The Morgan fingerprint density at radius 2 is 2.33 bits per heavy atom. The van der Waals surface area contributed by atoms with Crippen LogP contribution in [0.15, 0.2) is 43.2 Å². The van der Waals surface area contributed by atoms with Crippen LogP contribution in [0.5, 0.6) is 0 Å². The summed E-state index contributed by atoms with van der Waals surface area (Å²) in [4.78, 5) is 4.19. The van der Waals surface area contributed by atoms with Crippen molar-refractivity contribution < 1.29 is 0 Å². The van der Waals surface area contributed by atoms with Crippen LogP contribution < -0.4 is 0 Å². The summed E-state index contributed by atoms with van der Waals surface area (Å²) in [5, 5.41) is 4.97. The Balaban J connectivity index is 2.32. The molecule has 0 aliphatic heterocycles. The zero-order valence-electron chi connectivity index (χ0n) is 8.10. The maximum atomic E-state index is 5.88. The van der Waals surface area contributed by atoms with Crippen molar-refractivity contribution in [3.8, 4) is 11.4 Å². The molecule has 0 amide bonds. The molecule has 0 aliphatic carbocycles. The third-order valence-corrected chi connectivity index (χ3v) is 2.17. The van der Waals surface area contributed by atoms with E-state index in [0.717, 1.165) is 5.56 Å². The van der Waals surface area contributed by atoms with Crippen molar-refractivity contribution in [3.63, 3.8) is 0 Å². The maximum absolute atomic E-state index is 5.88. The largest absolute Gasteiger partial charge is 0.249 e. The molecule has 3 nitrogen and oxygen atoms in total. The normalized spacial score (nSPS) is 10.2. The number of aromatic nitrogens is 3. The van der Waals surface area contributed by atoms with E-state index in [1.807, 2.05) is 24.3 Å². The highest BCUT2D eigenvalue weighted by atomic mass is 35.5. The number of hydrogen-bond acceptors (Lipinski definition) is 2. The average Bonchev–Trinajstić information content (AvgIpc) is 2.67. The number of rotatable bonds is 3. The molecule has 15 heavy (non-hydrogen) atoms. The van der Waals surface area contributed by atoms with Gasteiger partial charge in [0.05, 0.1) is 6.54 Å². The van der Waals surface area contributed by atoms with Gasteiger partial charge in [0.25, 0.3) is 0 Å². The molecule has 1 heterocycles. The van der Waals surface area contributed by atoms with Crippen LogP contribution in [0.3, 0.4) is 0 Å². The summed E-state index contributed by atoms with van der Waals surface area (Å²) in [6, 6.07) is 7.48. The van der Waals surface area contributed by atoms with Gasteiger partial charge in [-0.1, -0.05) is 29.8 Å². The molecule has 0 aliphatic rings. The molecule has 0 N–H and O–H groups in total. The summed E-state index contributed by atoms with van der Waals surface area (Å²) in [5.41, 5.74) is 0.922. The van der Waals surface area contributed by atoms with Gasteiger partial charge in [0.15, 0.2) is 5.82 Å². The third kappa shape index (κ3) is 2.25. The van der Waals surface area contributed by atoms with Crippen LogP contribution in [0.25, 0.3) is 11.4 Å². The van der Waals surface area contributed by atoms with Gasteiger partial charge >= 0.3 is 0 Å². The Morgan fingerprint density at radius 3 is 3.07 bits per heavy atom. The van der Waals surface area contributed by atoms with Gasteiger partial charge in [-0.05, 0) is 12.1 Å². The molecule has 2 aromatic rings. The monoisotopic (exact) mass is 219 g/mol. The van der Waals surface area contributed by atoms with Crippen LogP contribution in [0.2, 0.25) is 5.02 Å². The number of hydrogen-bond donors (Lipinski definition) is 0. The smallest absolute Gasteiger partial charge is 0.181 e. The number of nitrogens with zero attached hydrogens (tertiary/aromatic N) is 3. The van der Waals surface area contributed by atoms with Crippen molar-refractivity contribution >= 4 is 11.6 Å². The van der Waals surface area contributed by atoms with Crippen LogP contribution in [0, 0.1) is 0 Å². The molecule has 0 fully saturated rings. The molecular weight excluding hydrogens is 210 g/mol. The fourth-order valence-electron chi connectivity index (χ4n) is 1.27. The Bertz CT molecular complexity index is 476. The minimum atomic E-state index is 0.660. The summed E-state index contributed by atoms with van der Waals surface area (Å²) in [7, 11) is 0. The second kappa shape index (κ2) is 4.28. The quantitative estimate of drug-likeness (QED) is 0.744. The molecule has 0 unspecified atom stereocenters. The Kier molecular flexibility index (Phi) is 2.83. The van der Waals surface area contributed by atoms with E-state index in [-0.39, 0.29) is 0 Å². The molecule has 1 aromatic carbocycles. The van der Waals surface area contributed by atoms with Crippen LogP contribution in [-0.2, 0) is 6.54 Å². The number of benzene rings is 1. The predicted octanol–water partition coefficient (Wildman–Crippen LogP) is 2.78. The van der Waals surface area contributed by atoms with Crippen LogP contribution in [0.1, 0.15) is 0 Å². The van der Waals surface area contributed by atoms with Crippen LogP contribution in [-0.4, -0.2) is 14.8 Å². The summed E-state index contributed by atoms with van der Waals surface area (Å²) < 4.78 is 1.73. The van der Waals surface area contributed by atoms with Crippen molar-refractivity contribution in [2.45, 2.75) is 6.54 Å². The Labute approximate surface area is 93.0 Å². The van der Waals surface area contributed by atoms with Gasteiger partial charge in [-0.2, -0.15) is 5.10 Å². The molecule has 0 spiro atoms. The van der Waals surface area contributed by atoms with E-state index >= 15 is 0 Å². The third-order valence-electron chi connectivity index (χ3n) is 1.94. The fraction of sp³-hybridized carbons (Fsp3) is 0.0909. The summed E-state index contributed by atoms with van der Waals surface area (Å²) in [6.45, 7) is 4.30. The molecule has 0 saturated heterocycles. The first-order valence-corrected chi connectivity index (χ1v) is 4.93. The van der Waals surface area contributed by atoms with E-state index < -0.39 is 0 Å². The van der Waals surface area contributed by atoms with E-state index in [4.69, 9.17) is 11.6 Å². The molecule has 1 aromatic heterocycles. The highest BCUT2D eigenvalue weighted by Crippen LogP contribution is 2.18. The lowest BCUT2D eigenvalue weighted by atomic mass is 10.2. The second-order valence-electron chi connectivity index (χ2n) is 3.09. The number of allylic oxidation sites excluding steroid dienone is 1. The first kappa shape index (κ1) is 9.93. The molecule has 76 valence electrons. The van der Waals surface area contributed by atoms with E-state index in [1.54, 1.807) is 17.1 Å². The van der Waals surface area contributed by atoms with E-state index in [0.29, 0.717) is 17.4 Å². The van der Waals surface area contributed by atoms with Crippen molar-refractivity contribution in [2.24, 2.45) is 0 Å². The van der Waals surface area contributed by atoms with E-state index in [9.17, 15) is 0 Å². The molecule has 4 heteroatoms. The van der Waals surface area contributed by atoms with Crippen molar-refractivity contribution in [1.29, 1.82) is 0 Å². The first-order valence-electron chi connectivity index (χ1n) is 4.56. The number of halogens is 1. The molecule has 0 bridgehead atoms. The lowest BCUT2D eigenvalue weighted by Crippen LogP contribution is -1.94. The average molecular weight is 220 g/mol. The zero-order chi connectivity index (χ0) is 10.7. The summed E-state index contributed by atoms with van der Waals surface area (Å²) in [5.74, 6) is 0.680. The van der Waals surface area contributed by atoms with Gasteiger partial charge in [0.2, 0.25) is 0 Å². The van der Waals surface area contributed by atoms with Crippen molar-refractivity contribution in [1.82, 2.24) is 14.8 Å². The minimum absolute atomic E-state index is 0.660. The molecule has 0 radical (unpaired) electrons. The first-order chi connectivity index (χ1) is 7.29. The lowest BCUT2D eigenvalue weighted by molar-refractivity contribution is 0.703. The molecule has 0 saturated carbocycles. The second-order valence-corrected chi connectivity index (χ2v) is 3.53. The van der Waals surface area contributed by atoms with Crippen LogP contribution >= 0.6 is 11.6 Å². The van der Waals surface area contributed by atoms with Gasteiger partial charge in [0, 0.05) is 10.6 Å². The van der Waals surface area contributed by atoms with Crippen molar-refractivity contribution in [3.05, 3.63) is 48.3 Å². The molecule has 0 atom stereocenters. The minimum Gasteiger partial charge on any atom is -0.249 e. The lowest BCUT2D eigenvalue weighted by Gasteiger charge is -1.95. The fourth-order valence-corrected chi connectivity index (χ4v) is 1.47. The Hall–Kier alpha value is -1.61. The SMILES string of the molecule is C=CCn1cnc(-c2cccc(Cl)c2)n1. The van der Waals surface area contributed by atoms with Crippen molar-refractivity contribution in [2.75, 3.05) is 0 Å². The molecular formula is C11H10ClN3. The topological polar surface area (TPSA) is 30.7 Å². The van der Waals surface area contributed by atoms with Gasteiger partial charge in [0.1, 0.15) is 6.33 Å². The van der Waals surface area contributed by atoms with Crippen LogP contribution in [0.4, 0.5) is 0 Å². The molecule has 2 rings (SSSR count). The van der Waals surface area contributed by atoms with Gasteiger partial charge in [-0.15, -0.1) is 6.58 Å². The zero-order valence-corrected chi connectivity index (χ0v) is 8.85. The highest BCUT2D eigenvalue weighted by molar-refractivity contribution is 6.30. The summed E-state index contributed by atoms with van der Waals surface area (Å²) in [6.07, 6.45) is 3.45. The summed E-state index contributed by atoms with van der Waals surface area (Å²) >= 11 is 5.88. The van der Waals surface area contributed by atoms with E-state index in [2.05, 4.69) is 16.7 Å². The highest BCUT2D eigenvalue weighted by Gasteiger charge is 2.03. The van der Waals surface area contributed by atoms with Gasteiger partial charge < -0.3 is 0 Å². The van der Waals surface area contributed by atoms with Gasteiger partial charge in [-0.3, -0.25) is 0 Å². The standard InChI is InChI=1S/C11H10ClN3/c1-2-6-15-8-13-11(14-15)9-4-3-5-10(12)7-9/h2-5,7-8H,1,6H2. The van der Waals surface area contributed by atoms with E-state index in [1.165, 1.54) is 0 Å². The van der Waals surface area contributed by atoms with Gasteiger partial charge in [-0.25, -0.2) is 9.67 Å². The Morgan fingerprint density at radius 1 is 1.47 bits per heavy atom. The predicted molar refractivity (Wildman–Crippen MR) is 60.7 cm³/mol.